The Hall–Kier alpha value is -5.31. The zero-order chi connectivity index (χ0) is 29.5. The van der Waals surface area contributed by atoms with Gasteiger partial charge in [0.25, 0.3) is 5.91 Å². The van der Waals surface area contributed by atoms with Crippen LogP contribution in [0.1, 0.15) is 48.1 Å². The fraction of sp³-hybridized carbons (Fsp3) is 0.156. The van der Waals surface area contributed by atoms with Crippen molar-refractivity contribution in [2.45, 2.75) is 26.3 Å². The van der Waals surface area contributed by atoms with Gasteiger partial charge in [0.2, 0.25) is 5.91 Å². The van der Waals surface area contributed by atoms with Gasteiger partial charge in [-0.3, -0.25) is 14.0 Å². The summed E-state index contributed by atoms with van der Waals surface area (Å²) in [5.74, 6) is 0.912. The summed E-state index contributed by atoms with van der Waals surface area (Å²) in [4.78, 5) is 40.9. The molecule has 4 rings (SSSR count). The van der Waals surface area contributed by atoms with Gasteiger partial charge < -0.3 is 16.0 Å². The minimum atomic E-state index is -0.307. The SMILES string of the molecule is C=C/C=C(\C=C)c1ccnc(NC(=O)c2ccc(-c3nc([C@H](CC)N(CC)C(=O)C=C)n4ccnc(N)c34)cc2)c1. The molecule has 0 aliphatic rings. The summed E-state index contributed by atoms with van der Waals surface area (Å²) >= 11 is 0. The van der Waals surface area contributed by atoms with Gasteiger partial charge in [-0.05, 0) is 54.8 Å². The van der Waals surface area contributed by atoms with Gasteiger partial charge in [-0.25, -0.2) is 15.0 Å². The van der Waals surface area contributed by atoms with Crippen molar-refractivity contribution in [3.05, 3.63) is 116 Å². The number of nitrogens with zero attached hydrogens (tertiary/aromatic N) is 5. The molecule has 3 aromatic heterocycles. The Labute approximate surface area is 239 Å². The van der Waals surface area contributed by atoms with Crippen LogP contribution in [-0.2, 0) is 4.79 Å². The van der Waals surface area contributed by atoms with Crippen LogP contribution >= 0.6 is 0 Å². The highest BCUT2D eigenvalue weighted by atomic mass is 16.2. The first-order valence-corrected chi connectivity index (χ1v) is 13.3. The van der Waals surface area contributed by atoms with Gasteiger partial charge >= 0.3 is 0 Å². The second kappa shape index (κ2) is 12.7. The van der Waals surface area contributed by atoms with Crippen molar-refractivity contribution in [3.8, 4) is 11.3 Å². The zero-order valence-electron chi connectivity index (χ0n) is 23.2. The van der Waals surface area contributed by atoms with Crippen molar-refractivity contribution in [2.24, 2.45) is 0 Å². The lowest BCUT2D eigenvalue weighted by atomic mass is 10.1. The summed E-state index contributed by atoms with van der Waals surface area (Å²) in [7, 11) is 0. The second-order valence-electron chi connectivity index (χ2n) is 9.13. The number of aromatic nitrogens is 4. The van der Waals surface area contributed by atoms with E-state index >= 15 is 0 Å². The average molecular weight is 548 g/mol. The lowest BCUT2D eigenvalue weighted by Crippen LogP contribution is -2.34. The van der Waals surface area contributed by atoms with Crippen LogP contribution in [0, 0.1) is 0 Å². The molecule has 0 saturated carbocycles. The monoisotopic (exact) mass is 547 g/mol. The number of imidazole rings is 1. The first kappa shape index (κ1) is 28.7. The summed E-state index contributed by atoms with van der Waals surface area (Å²) < 4.78 is 1.88. The molecule has 0 bridgehead atoms. The molecule has 9 heteroatoms. The van der Waals surface area contributed by atoms with Gasteiger partial charge in [0.15, 0.2) is 0 Å². The highest BCUT2D eigenvalue weighted by molar-refractivity contribution is 6.04. The van der Waals surface area contributed by atoms with E-state index in [1.54, 1.807) is 53.8 Å². The quantitative estimate of drug-likeness (QED) is 0.179. The van der Waals surface area contributed by atoms with E-state index in [9.17, 15) is 9.59 Å². The predicted molar refractivity (Wildman–Crippen MR) is 164 cm³/mol. The van der Waals surface area contributed by atoms with E-state index in [2.05, 4.69) is 35.0 Å². The van der Waals surface area contributed by atoms with Gasteiger partial charge in [0.05, 0.1) is 6.04 Å². The van der Waals surface area contributed by atoms with E-state index in [-0.39, 0.29) is 17.9 Å². The van der Waals surface area contributed by atoms with Crippen molar-refractivity contribution >= 4 is 34.5 Å². The number of allylic oxidation sites excluding steroid dienone is 4. The topological polar surface area (TPSA) is 119 Å². The molecule has 0 unspecified atom stereocenters. The first-order chi connectivity index (χ1) is 19.9. The number of nitrogens with two attached hydrogens (primary N) is 1. The molecule has 0 spiro atoms. The second-order valence-corrected chi connectivity index (χ2v) is 9.13. The van der Waals surface area contributed by atoms with Gasteiger partial charge in [-0.2, -0.15) is 0 Å². The van der Waals surface area contributed by atoms with Crippen LogP contribution in [0.3, 0.4) is 0 Å². The number of benzene rings is 1. The van der Waals surface area contributed by atoms with Crippen molar-refractivity contribution in [3.63, 3.8) is 0 Å². The van der Waals surface area contributed by atoms with Crippen LogP contribution in [0.25, 0.3) is 22.3 Å². The maximum atomic E-state index is 13.0. The number of carbonyl (C=O) groups excluding carboxylic acids is 2. The Morgan fingerprint density at radius 3 is 2.44 bits per heavy atom. The third-order valence-electron chi connectivity index (χ3n) is 6.74. The number of nitrogens with one attached hydrogen (secondary N) is 1. The van der Waals surface area contributed by atoms with Crippen LogP contribution < -0.4 is 11.1 Å². The summed E-state index contributed by atoms with van der Waals surface area (Å²) in [6.07, 6.45) is 12.2. The van der Waals surface area contributed by atoms with Crippen LogP contribution in [-0.4, -0.2) is 42.6 Å². The molecule has 4 aromatic rings. The number of nitrogen functional groups attached to an aromatic ring is 1. The van der Waals surface area contributed by atoms with Crippen molar-refractivity contribution in [2.75, 3.05) is 17.6 Å². The highest BCUT2D eigenvalue weighted by Crippen LogP contribution is 2.33. The molecule has 41 heavy (non-hydrogen) atoms. The van der Waals surface area contributed by atoms with Crippen molar-refractivity contribution in [1.82, 2.24) is 24.3 Å². The number of hydrogen-bond acceptors (Lipinski definition) is 6. The summed E-state index contributed by atoms with van der Waals surface area (Å²) in [6.45, 7) is 15.6. The molecule has 0 saturated heterocycles. The van der Waals surface area contributed by atoms with Crippen LogP contribution in [0.15, 0.2) is 99.0 Å². The molecule has 0 radical (unpaired) electrons. The Balaban J connectivity index is 1.67. The summed E-state index contributed by atoms with van der Waals surface area (Å²) in [5.41, 5.74) is 10.5. The smallest absolute Gasteiger partial charge is 0.256 e. The average Bonchev–Trinajstić information content (AvgIpc) is 3.39. The van der Waals surface area contributed by atoms with Gasteiger partial charge in [-0.15, -0.1) is 0 Å². The first-order valence-electron chi connectivity index (χ1n) is 13.3. The molecule has 208 valence electrons. The molecule has 0 aliphatic heterocycles. The largest absolute Gasteiger partial charge is 0.382 e. The number of anilines is 2. The van der Waals surface area contributed by atoms with Gasteiger partial charge in [-0.1, -0.05) is 57.0 Å². The van der Waals surface area contributed by atoms with E-state index < -0.39 is 0 Å². The number of rotatable bonds is 11. The Morgan fingerprint density at radius 2 is 1.80 bits per heavy atom. The molecule has 9 nitrogen and oxygen atoms in total. The maximum absolute atomic E-state index is 13.0. The van der Waals surface area contributed by atoms with E-state index in [1.165, 1.54) is 6.08 Å². The molecule has 1 atom stereocenters. The minimum Gasteiger partial charge on any atom is -0.382 e. The molecule has 3 heterocycles. The lowest BCUT2D eigenvalue weighted by Gasteiger charge is -2.28. The van der Waals surface area contributed by atoms with Crippen LogP contribution in [0.5, 0.6) is 0 Å². The molecular formula is C32H33N7O2. The number of amides is 2. The molecule has 1 aromatic carbocycles. The predicted octanol–water partition coefficient (Wildman–Crippen LogP) is 5.87. The standard InChI is InChI=1S/C32H33N7O2/c1-6-11-21(7-2)24-16-17-34-26(20-24)36-32(41)23-14-12-22(13-15-23)28-29-30(33)35-18-19-39(29)31(37-28)25(8-3)38(10-5)27(40)9-4/h6-7,9,11-20,25H,1-2,4,8,10H2,3,5H3,(H2,33,35)(H,34,36,41)/b21-11+/t25-/m0/s1. The third kappa shape index (κ3) is 5.84. The molecule has 0 aliphatic carbocycles. The molecule has 2 amide bonds. The van der Waals surface area contributed by atoms with Crippen LogP contribution in [0.2, 0.25) is 0 Å². The number of hydrogen-bond donors (Lipinski definition) is 2. The Kier molecular flexibility index (Phi) is 8.88. The number of likely N-dealkylation sites (N-methyl/N-ethyl adjacent to an activating group) is 1. The fourth-order valence-electron chi connectivity index (χ4n) is 4.77. The Morgan fingerprint density at radius 1 is 1.05 bits per heavy atom. The van der Waals surface area contributed by atoms with E-state index in [0.717, 1.165) is 16.7 Å². The molecule has 3 N–H and O–H groups in total. The van der Waals surface area contributed by atoms with Crippen molar-refractivity contribution in [1.29, 1.82) is 0 Å². The van der Waals surface area contributed by atoms with Gasteiger partial charge in [0, 0.05) is 36.3 Å². The van der Waals surface area contributed by atoms with E-state index in [4.69, 9.17) is 10.7 Å². The third-order valence-corrected chi connectivity index (χ3v) is 6.74. The zero-order valence-corrected chi connectivity index (χ0v) is 23.2. The van der Waals surface area contributed by atoms with Crippen LogP contribution in [0.4, 0.5) is 11.6 Å². The lowest BCUT2D eigenvalue weighted by molar-refractivity contribution is -0.128. The maximum Gasteiger partial charge on any atom is 0.256 e. The fourth-order valence-corrected chi connectivity index (χ4v) is 4.77. The molecular weight excluding hydrogens is 514 g/mol. The summed E-state index contributed by atoms with van der Waals surface area (Å²) in [6, 6.07) is 10.4. The van der Waals surface area contributed by atoms with E-state index in [0.29, 0.717) is 47.2 Å². The normalized spacial score (nSPS) is 12.0. The summed E-state index contributed by atoms with van der Waals surface area (Å²) in [5, 5.41) is 2.85. The Bertz CT molecular complexity index is 1650. The van der Waals surface area contributed by atoms with Crippen molar-refractivity contribution < 1.29 is 9.59 Å². The number of fused-ring (bicyclic) bond motifs is 1. The minimum absolute atomic E-state index is 0.174. The number of pyridine rings is 1. The molecule has 0 fully saturated rings. The van der Waals surface area contributed by atoms with Gasteiger partial charge in [0.1, 0.15) is 28.7 Å². The number of carbonyl (C=O) groups is 2. The van der Waals surface area contributed by atoms with E-state index in [1.807, 2.05) is 42.5 Å². The highest BCUT2D eigenvalue weighted by Gasteiger charge is 2.27.